The van der Waals surface area contributed by atoms with Crippen LogP contribution in [0.4, 0.5) is 15.9 Å². The molecule has 2 N–H and O–H groups in total. The maximum atomic E-state index is 14.5. The monoisotopic (exact) mass is 356 g/mol. The van der Waals surface area contributed by atoms with E-state index < -0.39 is 5.82 Å². The number of nitriles is 1. The van der Waals surface area contributed by atoms with Gasteiger partial charge in [0.1, 0.15) is 23.0 Å². The number of aromatic nitrogens is 1. The Morgan fingerprint density at radius 3 is 2.92 bits per heavy atom. The summed E-state index contributed by atoms with van der Waals surface area (Å²) in [5.74, 6) is -0.562. The van der Waals surface area contributed by atoms with Crippen LogP contribution in [0.15, 0.2) is 23.2 Å². The summed E-state index contributed by atoms with van der Waals surface area (Å²) in [5.41, 5.74) is 6.36. The van der Waals surface area contributed by atoms with Gasteiger partial charge >= 0.3 is 0 Å². The zero-order valence-electron chi connectivity index (χ0n) is 13.0. The normalized spacial score (nSPS) is 16.2. The van der Waals surface area contributed by atoms with Crippen LogP contribution >= 0.6 is 12.6 Å². The van der Waals surface area contributed by atoms with Gasteiger partial charge in [-0.1, -0.05) is 6.07 Å². The standard InChI is InChI=1S/C17H13FN4O2S/c1-21-15-14(11(7-19)17(25)22-16(15)20)9-2-3-13(12(18)6-9)24-10-4-5-23-8-10/h2-3,6,10H,4-5,8H2,(H3,20,22,25). The Kier molecular flexibility index (Phi) is 4.75. The molecule has 25 heavy (non-hydrogen) atoms. The first-order chi connectivity index (χ1) is 12.0. The van der Waals surface area contributed by atoms with Gasteiger partial charge in [0.15, 0.2) is 11.6 Å². The van der Waals surface area contributed by atoms with Crippen molar-refractivity contribution in [3.05, 3.63) is 41.0 Å². The molecule has 8 heteroatoms. The second kappa shape index (κ2) is 6.98. The topological polar surface area (TPSA) is 85.5 Å². The summed E-state index contributed by atoms with van der Waals surface area (Å²) in [4.78, 5) is 7.22. The highest BCUT2D eigenvalue weighted by Crippen LogP contribution is 2.40. The maximum absolute atomic E-state index is 14.5. The van der Waals surface area contributed by atoms with E-state index in [0.717, 1.165) is 0 Å². The zero-order chi connectivity index (χ0) is 18.0. The lowest BCUT2D eigenvalue weighted by molar-refractivity contribution is 0.138. The van der Waals surface area contributed by atoms with E-state index in [4.69, 9.17) is 21.8 Å². The molecular formula is C17H13FN4O2S. The lowest BCUT2D eigenvalue weighted by Crippen LogP contribution is -2.16. The Bertz CT molecular complexity index is 876. The summed E-state index contributed by atoms with van der Waals surface area (Å²) in [6.45, 7) is 8.31. The minimum Gasteiger partial charge on any atom is -0.485 e. The summed E-state index contributed by atoms with van der Waals surface area (Å²) in [7, 11) is 0. The van der Waals surface area contributed by atoms with E-state index in [1.807, 2.05) is 6.07 Å². The molecular weight excluding hydrogens is 343 g/mol. The molecule has 0 spiro atoms. The number of nitrogen functional groups attached to an aromatic ring is 1. The minimum atomic E-state index is -0.597. The number of pyridine rings is 1. The van der Waals surface area contributed by atoms with Gasteiger partial charge in [-0.15, -0.1) is 12.6 Å². The summed E-state index contributed by atoms with van der Waals surface area (Å²) < 4.78 is 25.3. The molecule has 1 fully saturated rings. The molecule has 6 nitrogen and oxygen atoms in total. The van der Waals surface area contributed by atoms with E-state index in [9.17, 15) is 9.65 Å². The Balaban J connectivity index is 2.07. The van der Waals surface area contributed by atoms with Crippen LogP contribution in [0, 0.1) is 23.7 Å². The Morgan fingerprint density at radius 1 is 1.52 bits per heavy atom. The number of nitrogens with two attached hydrogens (primary N) is 1. The largest absolute Gasteiger partial charge is 0.485 e. The molecule has 0 radical (unpaired) electrons. The molecule has 0 bridgehead atoms. The third-order valence-electron chi connectivity index (χ3n) is 3.81. The fourth-order valence-corrected chi connectivity index (χ4v) is 2.89. The van der Waals surface area contributed by atoms with Crippen molar-refractivity contribution in [3.8, 4) is 22.9 Å². The lowest BCUT2D eigenvalue weighted by atomic mass is 9.99. The first-order valence-corrected chi connectivity index (χ1v) is 7.84. The second-order valence-electron chi connectivity index (χ2n) is 5.39. The quantitative estimate of drug-likeness (QED) is 0.651. The number of halogens is 1. The maximum Gasteiger partial charge on any atom is 0.236 e. The molecule has 1 unspecified atom stereocenters. The van der Waals surface area contributed by atoms with Crippen LogP contribution in [0.1, 0.15) is 12.0 Å². The SMILES string of the molecule is [C-]#[N+]c1c(N)nc(S)c(C#N)c1-c1ccc(OC2CCOC2)c(F)c1. The minimum absolute atomic E-state index is 0.00777. The fourth-order valence-electron chi connectivity index (χ4n) is 2.62. The molecule has 0 saturated carbocycles. The molecule has 3 rings (SSSR count). The van der Waals surface area contributed by atoms with Crippen molar-refractivity contribution < 1.29 is 13.9 Å². The summed E-state index contributed by atoms with van der Waals surface area (Å²) in [6, 6.07) is 6.20. The third kappa shape index (κ3) is 3.22. The van der Waals surface area contributed by atoms with Gasteiger partial charge in [-0.25, -0.2) is 14.2 Å². The van der Waals surface area contributed by atoms with Crippen molar-refractivity contribution in [1.82, 2.24) is 4.98 Å². The van der Waals surface area contributed by atoms with Gasteiger partial charge in [-0.3, -0.25) is 0 Å². The first-order valence-electron chi connectivity index (χ1n) is 7.39. The summed E-state index contributed by atoms with van der Waals surface area (Å²) in [6.07, 6.45) is 0.514. The highest BCUT2D eigenvalue weighted by atomic mass is 32.1. The summed E-state index contributed by atoms with van der Waals surface area (Å²) in [5, 5.41) is 9.46. The Labute approximate surface area is 149 Å². The van der Waals surface area contributed by atoms with E-state index in [0.29, 0.717) is 25.2 Å². The average molecular weight is 356 g/mol. The summed E-state index contributed by atoms with van der Waals surface area (Å²) >= 11 is 4.13. The number of anilines is 1. The zero-order valence-corrected chi connectivity index (χ0v) is 13.9. The first kappa shape index (κ1) is 17.0. The van der Waals surface area contributed by atoms with Crippen LogP contribution in [0.2, 0.25) is 0 Å². The van der Waals surface area contributed by atoms with Crippen molar-refractivity contribution in [2.45, 2.75) is 17.6 Å². The van der Waals surface area contributed by atoms with E-state index in [2.05, 4.69) is 22.5 Å². The smallest absolute Gasteiger partial charge is 0.236 e. The molecule has 0 amide bonds. The van der Waals surface area contributed by atoms with Crippen molar-refractivity contribution in [1.29, 1.82) is 5.26 Å². The van der Waals surface area contributed by atoms with Gasteiger partial charge in [0.2, 0.25) is 5.69 Å². The van der Waals surface area contributed by atoms with Gasteiger partial charge in [-0.2, -0.15) is 5.26 Å². The molecule has 126 valence electrons. The molecule has 0 aliphatic carbocycles. The van der Waals surface area contributed by atoms with E-state index in [1.165, 1.54) is 12.1 Å². The Hall–Kier alpha value is -2.81. The molecule has 1 aromatic carbocycles. The van der Waals surface area contributed by atoms with Crippen LogP contribution in [-0.4, -0.2) is 24.3 Å². The van der Waals surface area contributed by atoms with Crippen LogP contribution in [0.25, 0.3) is 16.0 Å². The van der Waals surface area contributed by atoms with E-state index in [1.54, 1.807) is 6.07 Å². The predicted molar refractivity (Wildman–Crippen MR) is 92.1 cm³/mol. The van der Waals surface area contributed by atoms with Crippen LogP contribution in [-0.2, 0) is 4.74 Å². The van der Waals surface area contributed by atoms with Gasteiger partial charge in [0.25, 0.3) is 0 Å². The fraction of sp³-hybridized carbons (Fsp3) is 0.235. The number of thiol groups is 1. The highest BCUT2D eigenvalue weighted by molar-refractivity contribution is 7.80. The molecule has 1 aliphatic heterocycles. The number of ether oxygens (including phenoxy) is 2. The molecule has 2 aromatic rings. The van der Waals surface area contributed by atoms with Crippen LogP contribution < -0.4 is 10.5 Å². The predicted octanol–water partition coefficient (Wildman–Crippen LogP) is 3.35. The molecule has 1 saturated heterocycles. The van der Waals surface area contributed by atoms with Crippen molar-refractivity contribution in [2.24, 2.45) is 0 Å². The molecule has 2 heterocycles. The van der Waals surface area contributed by atoms with Crippen molar-refractivity contribution in [3.63, 3.8) is 0 Å². The number of benzene rings is 1. The van der Waals surface area contributed by atoms with Gasteiger partial charge in [0, 0.05) is 12.0 Å². The molecule has 1 aromatic heterocycles. The number of hydrogen-bond acceptors (Lipinski definition) is 6. The van der Waals surface area contributed by atoms with E-state index >= 15 is 0 Å². The van der Waals surface area contributed by atoms with Gasteiger partial charge in [0.05, 0.1) is 25.3 Å². The second-order valence-corrected chi connectivity index (χ2v) is 5.82. The molecule has 1 atom stereocenters. The van der Waals surface area contributed by atoms with Gasteiger partial charge < -0.3 is 15.2 Å². The van der Waals surface area contributed by atoms with E-state index in [-0.39, 0.29) is 39.5 Å². The number of rotatable bonds is 3. The molecule has 1 aliphatic rings. The number of hydrogen-bond donors (Lipinski definition) is 2. The third-order valence-corrected chi connectivity index (χ3v) is 4.13. The van der Waals surface area contributed by atoms with Crippen LogP contribution in [0.5, 0.6) is 5.75 Å². The van der Waals surface area contributed by atoms with Crippen LogP contribution in [0.3, 0.4) is 0 Å². The lowest BCUT2D eigenvalue weighted by Gasteiger charge is -2.15. The average Bonchev–Trinajstić information content (AvgIpc) is 3.09. The Morgan fingerprint density at radius 2 is 2.32 bits per heavy atom. The highest BCUT2D eigenvalue weighted by Gasteiger charge is 2.22. The van der Waals surface area contributed by atoms with Gasteiger partial charge in [-0.05, 0) is 17.7 Å². The van der Waals surface area contributed by atoms with Crippen molar-refractivity contribution >= 4 is 24.1 Å². The number of nitrogens with zero attached hydrogens (tertiary/aromatic N) is 3. The van der Waals surface area contributed by atoms with Crippen molar-refractivity contribution in [2.75, 3.05) is 18.9 Å².